The van der Waals surface area contributed by atoms with Crippen LogP contribution in [-0.2, 0) is 16.1 Å². The highest BCUT2D eigenvalue weighted by Crippen LogP contribution is 1.99. The molecule has 1 aromatic rings. The molecule has 1 heterocycles. The Morgan fingerprint density at radius 2 is 2.26 bits per heavy atom. The van der Waals surface area contributed by atoms with Crippen LogP contribution in [0.3, 0.4) is 0 Å². The Labute approximate surface area is 110 Å². The van der Waals surface area contributed by atoms with Crippen LogP contribution in [0.2, 0.25) is 0 Å². The van der Waals surface area contributed by atoms with Crippen LogP contribution < -0.4 is 15.7 Å². The highest BCUT2D eigenvalue weighted by atomic mass is 16.4. The van der Waals surface area contributed by atoms with Gasteiger partial charge in [0.2, 0.25) is 5.91 Å². The second-order valence-electron chi connectivity index (χ2n) is 3.96. The molecule has 0 radical (unpaired) electrons. The summed E-state index contributed by atoms with van der Waals surface area (Å²) in [5.74, 6) is -1.17. The van der Waals surface area contributed by atoms with Gasteiger partial charge < -0.3 is 30.1 Å². The van der Waals surface area contributed by atoms with Crippen molar-refractivity contribution in [2.45, 2.75) is 25.4 Å². The van der Waals surface area contributed by atoms with Crippen LogP contribution in [0.25, 0.3) is 0 Å². The molecule has 3 N–H and O–H groups in total. The zero-order valence-corrected chi connectivity index (χ0v) is 10.4. The number of aliphatic hydroxyl groups excluding tert-OH is 1. The lowest BCUT2D eigenvalue weighted by molar-refractivity contribution is -0.308. The largest absolute Gasteiger partial charge is 0.548 e. The van der Waals surface area contributed by atoms with Gasteiger partial charge in [-0.2, -0.15) is 0 Å². The van der Waals surface area contributed by atoms with Gasteiger partial charge in [0.1, 0.15) is 5.76 Å². The van der Waals surface area contributed by atoms with E-state index in [1.807, 2.05) is 0 Å². The number of hydrogen-bond acceptors (Lipinski definition) is 6. The van der Waals surface area contributed by atoms with Gasteiger partial charge in [0.05, 0.1) is 24.8 Å². The van der Waals surface area contributed by atoms with Crippen molar-refractivity contribution in [2.75, 3.05) is 13.2 Å². The third-order valence-corrected chi connectivity index (χ3v) is 2.44. The van der Waals surface area contributed by atoms with E-state index in [1.54, 1.807) is 12.1 Å². The number of aliphatic hydroxyl groups is 1. The summed E-state index contributed by atoms with van der Waals surface area (Å²) < 4.78 is 5.03. The Balaban J connectivity index is 2.32. The second kappa shape index (κ2) is 8.28. The monoisotopic (exact) mass is 269 g/mol. The number of rotatable bonds is 9. The lowest BCUT2D eigenvalue weighted by Gasteiger charge is -2.18. The molecule has 1 aromatic heterocycles. The van der Waals surface area contributed by atoms with E-state index in [9.17, 15) is 14.7 Å². The number of nitrogens with one attached hydrogen (secondary N) is 2. The smallest absolute Gasteiger partial charge is 0.222 e. The predicted octanol–water partition coefficient (Wildman–Crippen LogP) is -1.62. The average Bonchev–Trinajstić information content (AvgIpc) is 2.88. The molecule has 7 heteroatoms. The maximum atomic E-state index is 11.6. The zero-order valence-electron chi connectivity index (χ0n) is 10.4. The number of furan rings is 1. The fraction of sp³-hybridized carbons (Fsp3) is 0.500. The predicted molar refractivity (Wildman–Crippen MR) is 63.7 cm³/mol. The van der Waals surface area contributed by atoms with Gasteiger partial charge in [-0.25, -0.2) is 0 Å². The molecule has 0 fully saturated rings. The fourth-order valence-corrected chi connectivity index (χ4v) is 1.45. The summed E-state index contributed by atoms with van der Waals surface area (Å²) in [4.78, 5) is 22.4. The summed E-state index contributed by atoms with van der Waals surface area (Å²) in [5.41, 5.74) is 0. The van der Waals surface area contributed by atoms with Gasteiger partial charge >= 0.3 is 0 Å². The molecule has 7 nitrogen and oxygen atoms in total. The van der Waals surface area contributed by atoms with Crippen LogP contribution >= 0.6 is 0 Å². The molecule has 0 bridgehead atoms. The van der Waals surface area contributed by atoms with E-state index in [0.717, 1.165) is 0 Å². The standard InChI is InChI=1S/C12H18N2O5/c15-5-2-4-13-10(12(17)18)7-11(16)14-8-9-3-1-6-19-9/h1,3,6,10,13,15H,2,4-5,7-8H2,(H,14,16)(H,17,18)/p-1. The summed E-state index contributed by atoms with van der Waals surface area (Å²) in [5, 5.41) is 24.6. The quantitative estimate of drug-likeness (QED) is 0.464. The van der Waals surface area contributed by atoms with E-state index in [2.05, 4.69) is 10.6 Å². The Morgan fingerprint density at radius 1 is 1.47 bits per heavy atom. The summed E-state index contributed by atoms with van der Waals surface area (Å²) in [7, 11) is 0. The van der Waals surface area contributed by atoms with Crippen LogP contribution in [0.15, 0.2) is 22.8 Å². The average molecular weight is 269 g/mol. The number of aliphatic carboxylic acids is 1. The van der Waals surface area contributed by atoms with Crippen LogP contribution in [0, 0.1) is 0 Å². The maximum absolute atomic E-state index is 11.6. The Hall–Kier alpha value is -1.86. The lowest BCUT2D eigenvalue weighted by Crippen LogP contribution is -2.48. The molecule has 0 aliphatic heterocycles. The first-order valence-electron chi connectivity index (χ1n) is 5.97. The van der Waals surface area contributed by atoms with Crippen molar-refractivity contribution < 1.29 is 24.2 Å². The van der Waals surface area contributed by atoms with Crippen LogP contribution in [0.1, 0.15) is 18.6 Å². The van der Waals surface area contributed by atoms with Crippen molar-refractivity contribution >= 4 is 11.9 Å². The van der Waals surface area contributed by atoms with Crippen molar-refractivity contribution in [3.63, 3.8) is 0 Å². The van der Waals surface area contributed by atoms with Gasteiger partial charge in [-0.3, -0.25) is 4.79 Å². The molecule has 19 heavy (non-hydrogen) atoms. The van der Waals surface area contributed by atoms with E-state index in [4.69, 9.17) is 9.52 Å². The van der Waals surface area contributed by atoms with E-state index in [-0.39, 0.29) is 19.6 Å². The van der Waals surface area contributed by atoms with E-state index in [0.29, 0.717) is 18.7 Å². The molecule has 1 unspecified atom stereocenters. The Kier molecular flexibility index (Phi) is 6.62. The first-order valence-corrected chi connectivity index (χ1v) is 5.97. The Bertz CT molecular complexity index is 391. The minimum Gasteiger partial charge on any atom is -0.548 e. The van der Waals surface area contributed by atoms with Crippen LogP contribution in [-0.4, -0.2) is 36.2 Å². The molecule has 0 aromatic carbocycles. The number of carbonyl (C=O) groups is 2. The normalized spacial score (nSPS) is 12.1. The van der Waals surface area contributed by atoms with Crippen molar-refractivity contribution in [2.24, 2.45) is 0 Å². The highest BCUT2D eigenvalue weighted by Gasteiger charge is 2.14. The van der Waals surface area contributed by atoms with Gasteiger partial charge in [0.15, 0.2) is 0 Å². The van der Waals surface area contributed by atoms with Crippen molar-refractivity contribution in [1.82, 2.24) is 10.6 Å². The maximum Gasteiger partial charge on any atom is 0.222 e. The van der Waals surface area contributed by atoms with Gasteiger partial charge in [-0.05, 0) is 25.1 Å². The van der Waals surface area contributed by atoms with Crippen LogP contribution in [0.4, 0.5) is 0 Å². The fourth-order valence-electron chi connectivity index (χ4n) is 1.45. The molecule has 1 atom stereocenters. The molecule has 0 spiro atoms. The third-order valence-electron chi connectivity index (χ3n) is 2.44. The molecule has 0 saturated carbocycles. The minimum absolute atomic E-state index is 0.0442. The topological polar surface area (TPSA) is 115 Å². The SMILES string of the molecule is O=C(CC(NCCCO)C(=O)[O-])NCc1ccco1. The second-order valence-corrected chi connectivity index (χ2v) is 3.96. The molecular formula is C12H17N2O5-. The highest BCUT2D eigenvalue weighted by molar-refractivity contribution is 5.83. The summed E-state index contributed by atoms with van der Waals surface area (Å²) in [6, 6.07) is 2.33. The molecule has 0 saturated heterocycles. The van der Waals surface area contributed by atoms with Gasteiger partial charge in [0, 0.05) is 13.0 Å². The third kappa shape index (κ3) is 6.03. The molecular weight excluding hydrogens is 252 g/mol. The lowest BCUT2D eigenvalue weighted by atomic mass is 10.2. The first-order chi connectivity index (χ1) is 9.13. The molecule has 0 aliphatic rings. The molecule has 1 rings (SSSR count). The van der Waals surface area contributed by atoms with Gasteiger partial charge in [-0.1, -0.05) is 0 Å². The molecule has 0 aliphatic carbocycles. The number of carboxylic acids is 1. The number of carbonyl (C=O) groups excluding carboxylic acids is 2. The van der Waals surface area contributed by atoms with Crippen molar-refractivity contribution in [1.29, 1.82) is 0 Å². The van der Waals surface area contributed by atoms with Crippen molar-refractivity contribution in [3.05, 3.63) is 24.2 Å². The van der Waals surface area contributed by atoms with E-state index < -0.39 is 17.9 Å². The summed E-state index contributed by atoms with van der Waals surface area (Å²) in [6.07, 6.45) is 1.67. The van der Waals surface area contributed by atoms with Gasteiger partial charge in [0.25, 0.3) is 0 Å². The van der Waals surface area contributed by atoms with Crippen molar-refractivity contribution in [3.8, 4) is 0 Å². The van der Waals surface area contributed by atoms with Crippen LogP contribution in [0.5, 0.6) is 0 Å². The van der Waals surface area contributed by atoms with Gasteiger partial charge in [-0.15, -0.1) is 0 Å². The zero-order chi connectivity index (χ0) is 14.1. The summed E-state index contributed by atoms with van der Waals surface area (Å²) >= 11 is 0. The molecule has 1 amide bonds. The first kappa shape index (κ1) is 15.2. The minimum atomic E-state index is -1.34. The number of carboxylic acid groups (broad SMARTS) is 1. The number of hydrogen-bond donors (Lipinski definition) is 3. The molecule has 106 valence electrons. The number of amides is 1. The van der Waals surface area contributed by atoms with E-state index in [1.165, 1.54) is 6.26 Å². The summed E-state index contributed by atoms with van der Waals surface area (Å²) in [6.45, 7) is 0.473. The van der Waals surface area contributed by atoms with E-state index >= 15 is 0 Å². The Morgan fingerprint density at radius 3 is 2.84 bits per heavy atom.